The number of rotatable bonds is 4. The fraction of sp³-hybridized carbons (Fsp3) is 0.800. The lowest BCUT2D eigenvalue weighted by Crippen LogP contribution is -2.35. The van der Waals surface area contributed by atoms with E-state index in [1.807, 2.05) is 21.6 Å². The Morgan fingerprint density at radius 1 is 0.938 bits per heavy atom. The summed E-state index contributed by atoms with van der Waals surface area (Å²) in [7, 11) is 18.2. The second-order valence-electron chi connectivity index (χ2n) is 4.72. The monoisotopic (exact) mass is 330 g/mol. The van der Waals surface area contributed by atoms with Crippen molar-refractivity contribution in [1.82, 2.24) is 0 Å². The van der Waals surface area contributed by atoms with Gasteiger partial charge in [0.1, 0.15) is 0 Å². The van der Waals surface area contributed by atoms with Gasteiger partial charge in [0.2, 0.25) is 0 Å². The molecule has 0 aromatic carbocycles. The van der Waals surface area contributed by atoms with Crippen molar-refractivity contribution >= 4 is 63.0 Å². The van der Waals surface area contributed by atoms with Gasteiger partial charge in [-0.3, -0.25) is 0 Å². The smallest absolute Gasteiger partial charge is 0.0327 e. The Hall–Kier alpha value is 1.72. The number of hydrogen-bond acceptors (Lipinski definition) is 4. The highest BCUT2D eigenvalue weighted by atomic mass is 35.7. The Balaban J connectivity index is 1.80. The van der Waals surface area contributed by atoms with Crippen LogP contribution in [0.5, 0.6) is 0 Å². The van der Waals surface area contributed by atoms with Crippen molar-refractivity contribution in [2.75, 3.05) is 0 Å². The van der Waals surface area contributed by atoms with Gasteiger partial charge in [-0.25, -0.2) is 0 Å². The van der Waals surface area contributed by atoms with Gasteiger partial charge in [-0.15, -0.1) is 0 Å². The van der Waals surface area contributed by atoms with Crippen LogP contribution in [0.25, 0.3) is 0 Å². The van der Waals surface area contributed by atoms with E-state index >= 15 is 0 Å². The van der Waals surface area contributed by atoms with Gasteiger partial charge < -0.3 is 0 Å². The summed E-state index contributed by atoms with van der Waals surface area (Å²) < 4.78 is 0. The Morgan fingerprint density at radius 2 is 1.62 bits per heavy atom. The third-order valence-corrected chi connectivity index (χ3v) is 9.44. The lowest BCUT2D eigenvalue weighted by Gasteiger charge is -2.35. The molecule has 6 heteroatoms. The Kier molecular flexibility index (Phi) is 4.28. The molecule has 3 aliphatic carbocycles. The summed E-state index contributed by atoms with van der Waals surface area (Å²) in [6, 6.07) is 0. The van der Waals surface area contributed by atoms with Crippen LogP contribution in [0.2, 0.25) is 0 Å². The van der Waals surface area contributed by atoms with E-state index in [1.54, 1.807) is 0 Å². The molecular formula is C10H12Cl2S4. The normalized spacial score (nSPS) is 48.9. The van der Waals surface area contributed by atoms with E-state index in [-0.39, 0.29) is 0 Å². The Bertz CT molecular complexity index is 299. The minimum Gasteiger partial charge on any atom is -0.0879 e. The van der Waals surface area contributed by atoms with E-state index in [0.717, 1.165) is 23.7 Å². The van der Waals surface area contributed by atoms with Crippen molar-refractivity contribution in [3.8, 4) is 0 Å². The van der Waals surface area contributed by atoms with E-state index in [2.05, 4.69) is 12.2 Å². The van der Waals surface area contributed by atoms with Gasteiger partial charge in [0.05, 0.1) is 0 Å². The zero-order valence-electron chi connectivity index (χ0n) is 8.42. The van der Waals surface area contributed by atoms with Gasteiger partial charge >= 0.3 is 0 Å². The largest absolute Gasteiger partial charge is 0.0879 e. The first-order valence-corrected chi connectivity index (χ1v) is 11.5. The third-order valence-electron chi connectivity index (χ3n) is 4.31. The first-order chi connectivity index (χ1) is 7.86. The van der Waals surface area contributed by atoms with Gasteiger partial charge in [-0.05, 0) is 57.9 Å². The van der Waals surface area contributed by atoms with Crippen molar-refractivity contribution in [1.29, 1.82) is 0 Å². The molecule has 2 fully saturated rings. The first kappa shape index (κ1) is 12.7. The SMILES string of the molecule is ClSS[C@@H]1[C@@H]2C[C@@H]([C@@H]3CC=C[C@@H]32)[C@@H]1SSCl. The molecule has 0 N–H and O–H groups in total. The van der Waals surface area contributed by atoms with E-state index in [0.29, 0.717) is 10.5 Å². The molecule has 0 aliphatic heterocycles. The number of halogens is 2. The number of fused-ring (bicyclic) bond motifs is 5. The number of hydrogen-bond donors (Lipinski definition) is 0. The van der Waals surface area contributed by atoms with E-state index in [4.69, 9.17) is 21.4 Å². The van der Waals surface area contributed by atoms with Crippen LogP contribution in [0.3, 0.4) is 0 Å². The quantitative estimate of drug-likeness (QED) is 0.483. The zero-order chi connectivity index (χ0) is 11.1. The maximum Gasteiger partial charge on any atom is 0.0327 e. The van der Waals surface area contributed by atoms with Crippen molar-refractivity contribution in [3.63, 3.8) is 0 Å². The molecule has 16 heavy (non-hydrogen) atoms. The summed E-state index contributed by atoms with van der Waals surface area (Å²) >= 11 is 0. The molecule has 2 bridgehead atoms. The topological polar surface area (TPSA) is 0 Å². The summed E-state index contributed by atoms with van der Waals surface area (Å²) in [4.78, 5) is 0. The predicted octanol–water partition coefficient (Wildman–Crippen LogP) is 5.64. The lowest BCUT2D eigenvalue weighted by molar-refractivity contribution is 0.300. The molecule has 0 saturated heterocycles. The molecule has 3 rings (SSSR count). The summed E-state index contributed by atoms with van der Waals surface area (Å²) in [6.07, 6.45) is 7.52. The predicted molar refractivity (Wildman–Crippen MR) is 82.0 cm³/mol. The van der Waals surface area contributed by atoms with E-state index in [1.165, 1.54) is 32.9 Å². The highest BCUT2D eigenvalue weighted by Crippen LogP contribution is 2.65. The van der Waals surface area contributed by atoms with Crippen molar-refractivity contribution in [3.05, 3.63) is 12.2 Å². The Labute approximate surface area is 121 Å². The van der Waals surface area contributed by atoms with Crippen LogP contribution < -0.4 is 0 Å². The standard InChI is InChI=1S/C10H12Cl2S4/c11-15-13-9-7-4-8(10(9)14-16-12)6-3-1-2-5(6)7/h1-2,5-10H,3-4H2/t5-,6+,7+,8-,9+,10-/m0/s1. The molecule has 0 aromatic rings. The van der Waals surface area contributed by atoms with Gasteiger partial charge in [-0.2, -0.15) is 0 Å². The number of allylic oxidation sites excluding steroid dienone is 2. The fourth-order valence-corrected chi connectivity index (χ4v) is 9.84. The fourth-order valence-electron chi connectivity index (χ4n) is 3.81. The molecule has 0 radical (unpaired) electrons. The summed E-state index contributed by atoms with van der Waals surface area (Å²) in [5.41, 5.74) is 0. The molecule has 6 atom stereocenters. The molecule has 0 amide bonds. The van der Waals surface area contributed by atoms with Crippen LogP contribution >= 0.6 is 63.0 Å². The van der Waals surface area contributed by atoms with Crippen LogP contribution in [-0.4, -0.2) is 10.5 Å². The summed E-state index contributed by atoms with van der Waals surface area (Å²) in [5, 5.41) is 1.39. The van der Waals surface area contributed by atoms with Crippen LogP contribution in [0, 0.1) is 23.7 Å². The van der Waals surface area contributed by atoms with E-state index < -0.39 is 0 Å². The van der Waals surface area contributed by atoms with Crippen LogP contribution in [0.4, 0.5) is 0 Å². The zero-order valence-corrected chi connectivity index (χ0v) is 13.2. The average molecular weight is 331 g/mol. The second kappa shape index (κ2) is 5.38. The van der Waals surface area contributed by atoms with Crippen LogP contribution in [0.1, 0.15) is 12.8 Å². The summed E-state index contributed by atoms with van der Waals surface area (Å²) in [6.45, 7) is 0. The molecule has 90 valence electrons. The molecule has 2 saturated carbocycles. The highest BCUT2D eigenvalue weighted by molar-refractivity contribution is 8.86. The second-order valence-corrected chi connectivity index (χ2v) is 10.6. The molecular weight excluding hydrogens is 319 g/mol. The molecule has 0 aromatic heterocycles. The molecule has 3 aliphatic rings. The third kappa shape index (κ3) is 1.96. The van der Waals surface area contributed by atoms with Gasteiger partial charge in [-0.1, -0.05) is 33.7 Å². The highest BCUT2D eigenvalue weighted by Gasteiger charge is 2.58. The molecule has 0 unspecified atom stereocenters. The van der Waals surface area contributed by atoms with Crippen LogP contribution in [0.15, 0.2) is 12.2 Å². The van der Waals surface area contributed by atoms with Gasteiger partial charge in [0.15, 0.2) is 0 Å². The minimum absolute atomic E-state index is 0.688. The van der Waals surface area contributed by atoms with Gasteiger partial charge in [0, 0.05) is 30.5 Å². The van der Waals surface area contributed by atoms with E-state index in [9.17, 15) is 0 Å². The summed E-state index contributed by atoms with van der Waals surface area (Å²) in [5.74, 6) is 3.45. The Morgan fingerprint density at radius 3 is 2.31 bits per heavy atom. The van der Waals surface area contributed by atoms with Crippen molar-refractivity contribution in [2.24, 2.45) is 23.7 Å². The average Bonchev–Trinajstić information content (AvgIpc) is 2.90. The lowest BCUT2D eigenvalue weighted by atomic mass is 9.81. The maximum atomic E-state index is 5.84. The van der Waals surface area contributed by atoms with Gasteiger partial charge in [0.25, 0.3) is 0 Å². The first-order valence-electron chi connectivity index (χ1n) is 5.41. The van der Waals surface area contributed by atoms with Crippen molar-refractivity contribution in [2.45, 2.75) is 23.3 Å². The van der Waals surface area contributed by atoms with Crippen molar-refractivity contribution < 1.29 is 0 Å². The molecule has 0 nitrogen and oxygen atoms in total. The molecule has 0 spiro atoms. The molecule has 0 heterocycles. The van der Waals surface area contributed by atoms with Crippen LogP contribution in [-0.2, 0) is 0 Å². The maximum absolute atomic E-state index is 5.84. The minimum atomic E-state index is 0.688.